The fourth-order valence-electron chi connectivity index (χ4n) is 2.81. The summed E-state index contributed by atoms with van der Waals surface area (Å²) in [6.45, 7) is 5.11. The van der Waals surface area contributed by atoms with Crippen LogP contribution in [0.2, 0.25) is 0 Å². The van der Waals surface area contributed by atoms with Crippen LogP contribution >= 0.6 is 0 Å². The van der Waals surface area contributed by atoms with E-state index < -0.39 is 0 Å². The molecule has 2 saturated heterocycles. The highest BCUT2D eigenvalue weighted by Crippen LogP contribution is 2.67. The highest BCUT2D eigenvalue weighted by atomic mass is 15.1. The smallest absolute Gasteiger partial charge is 0.00398 e. The van der Waals surface area contributed by atoms with Crippen molar-refractivity contribution in [2.24, 2.45) is 10.8 Å². The third-order valence-corrected chi connectivity index (χ3v) is 3.53. The Morgan fingerprint density at radius 2 is 1.22 bits per heavy atom. The van der Waals surface area contributed by atoms with Gasteiger partial charge in [0.1, 0.15) is 0 Å². The molecule has 0 atom stereocenters. The summed E-state index contributed by atoms with van der Waals surface area (Å²) in [7, 11) is 0. The van der Waals surface area contributed by atoms with Crippen LogP contribution in [0, 0.1) is 10.8 Å². The highest BCUT2D eigenvalue weighted by Gasteiger charge is 2.71. The third kappa shape index (κ3) is 0.332. The molecule has 2 N–H and O–H groups in total. The maximum Gasteiger partial charge on any atom is 0.00398 e. The summed E-state index contributed by atoms with van der Waals surface area (Å²) in [4.78, 5) is 0. The van der Waals surface area contributed by atoms with Gasteiger partial charge in [0.25, 0.3) is 0 Å². The van der Waals surface area contributed by atoms with Gasteiger partial charge < -0.3 is 10.6 Å². The van der Waals surface area contributed by atoms with Crippen molar-refractivity contribution in [1.82, 2.24) is 10.6 Å². The quantitative estimate of drug-likeness (QED) is 0.458. The Hall–Kier alpha value is -0.0800. The lowest BCUT2D eigenvalue weighted by Crippen LogP contribution is -2.28. The van der Waals surface area contributed by atoms with Gasteiger partial charge in [-0.3, -0.25) is 0 Å². The summed E-state index contributed by atoms with van der Waals surface area (Å²) in [5, 5.41) is 6.93. The van der Waals surface area contributed by atoms with Crippen molar-refractivity contribution >= 4 is 0 Å². The maximum absolute atomic E-state index is 3.47. The van der Waals surface area contributed by atoms with Gasteiger partial charge >= 0.3 is 0 Å². The second kappa shape index (κ2) is 1.06. The van der Waals surface area contributed by atoms with E-state index in [-0.39, 0.29) is 0 Å². The number of hydrogen-bond acceptors (Lipinski definition) is 2. The first-order valence-corrected chi connectivity index (χ1v) is 3.79. The van der Waals surface area contributed by atoms with Gasteiger partial charge in [0, 0.05) is 37.0 Å². The van der Waals surface area contributed by atoms with Crippen LogP contribution in [0.15, 0.2) is 0 Å². The lowest BCUT2D eigenvalue weighted by molar-refractivity contribution is 0.510. The summed E-state index contributed by atoms with van der Waals surface area (Å²) < 4.78 is 0. The van der Waals surface area contributed by atoms with E-state index in [9.17, 15) is 0 Å². The molecule has 0 aromatic carbocycles. The molecule has 0 spiro atoms. The van der Waals surface area contributed by atoms with Crippen LogP contribution in [0.3, 0.4) is 0 Å². The summed E-state index contributed by atoms with van der Waals surface area (Å²) in [5.41, 5.74) is 1.46. The fourth-order valence-corrected chi connectivity index (χ4v) is 2.81. The largest absolute Gasteiger partial charge is 0.315 e. The molecule has 0 bridgehead atoms. The van der Waals surface area contributed by atoms with Gasteiger partial charge in [-0.25, -0.2) is 0 Å². The Bertz CT molecular complexity index is 127. The summed E-state index contributed by atoms with van der Waals surface area (Å²) in [5.74, 6) is 0. The van der Waals surface area contributed by atoms with Crippen LogP contribution in [0.25, 0.3) is 0 Å². The summed E-state index contributed by atoms with van der Waals surface area (Å²) in [6, 6.07) is 0. The van der Waals surface area contributed by atoms with Gasteiger partial charge in [0.15, 0.2) is 0 Å². The highest BCUT2D eigenvalue weighted by molar-refractivity contribution is 5.25. The Balaban J connectivity index is 2.05. The van der Waals surface area contributed by atoms with Gasteiger partial charge in [-0.05, 0) is 6.42 Å². The molecule has 2 heteroatoms. The summed E-state index contributed by atoms with van der Waals surface area (Å²) >= 11 is 0. The van der Waals surface area contributed by atoms with Gasteiger partial charge in [-0.2, -0.15) is 0 Å². The van der Waals surface area contributed by atoms with Crippen LogP contribution in [-0.2, 0) is 0 Å². The van der Waals surface area contributed by atoms with E-state index in [0.29, 0.717) is 0 Å². The molecule has 1 saturated carbocycles. The molecule has 2 heterocycles. The van der Waals surface area contributed by atoms with Crippen molar-refractivity contribution in [3.05, 3.63) is 0 Å². The van der Waals surface area contributed by atoms with E-state index in [4.69, 9.17) is 0 Å². The number of piperidine rings is 2. The van der Waals surface area contributed by atoms with Crippen molar-refractivity contribution in [1.29, 1.82) is 0 Å². The molecule has 0 amide bonds. The normalized spacial score (nSPS) is 61.3. The zero-order valence-corrected chi connectivity index (χ0v) is 5.54. The van der Waals surface area contributed by atoms with Crippen molar-refractivity contribution in [3.63, 3.8) is 0 Å². The van der Waals surface area contributed by atoms with E-state index in [1.54, 1.807) is 0 Å². The first-order chi connectivity index (χ1) is 4.37. The van der Waals surface area contributed by atoms with Crippen molar-refractivity contribution < 1.29 is 0 Å². The SMILES string of the molecule is C1NCC23CNCC12C3. The second-order valence-corrected chi connectivity index (χ2v) is 3.94. The number of hydrogen-bond donors (Lipinski definition) is 2. The predicted molar refractivity (Wildman–Crippen MR) is 35.2 cm³/mol. The van der Waals surface area contributed by atoms with Gasteiger partial charge in [0.05, 0.1) is 0 Å². The molecular formula is C7H12N2. The molecule has 3 aliphatic rings. The average molecular weight is 124 g/mol. The Morgan fingerprint density at radius 1 is 0.778 bits per heavy atom. The number of nitrogens with one attached hydrogen (secondary N) is 2. The summed E-state index contributed by atoms with van der Waals surface area (Å²) in [6.07, 6.45) is 1.50. The molecule has 0 unspecified atom stereocenters. The van der Waals surface area contributed by atoms with Crippen molar-refractivity contribution in [2.45, 2.75) is 6.42 Å². The lowest BCUT2D eigenvalue weighted by Gasteiger charge is -2.08. The second-order valence-electron chi connectivity index (χ2n) is 3.94. The number of rotatable bonds is 0. The monoisotopic (exact) mass is 124 g/mol. The van der Waals surface area contributed by atoms with Crippen LogP contribution in [-0.4, -0.2) is 26.2 Å². The van der Waals surface area contributed by atoms with E-state index in [1.807, 2.05) is 0 Å². The third-order valence-electron chi connectivity index (χ3n) is 3.53. The van der Waals surface area contributed by atoms with Crippen LogP contribution < -0.4 is 10.6 Å². The van der Waals surface area contributed by atoms with Gasteiger partial charge in [-0.1, -0.05) is 0 Å². The van der Waals surface area contributed by atoms with Gasteiger partial charge in [0.2, 0.25) is 0 Å². The van der Waals surface area contributed by atoms with Gasteiger partial charge in [-0.15, -0.1) is 0 Å². The minimum atomic E-state index is 0.729. The molecule has 0 radical (unpaired) electrons. The molecule has 9 heavy (non-hydrogen) atoms. The van der Waals surface area contributed by atoms with E-state index in [0.717, 1.165) is 10.8 Å². The molecule has 0 aromatic heterocycles. The molecular weight excluding hydrogens is 112 g/mol. The molecule has 2 nitrogen and oxygen atoms in total. The zero-order valence-electron chi connectivity index (χ0n) is 5.54. The first-order valence-electron chi connectivity index (χ1n) is 3.79. The fraction of sp³-hybridized carbons (Fsp3) is 1.00. The Labute approximate surface area is 55.0 Å². The van der Waals surface area contributed by atoms with Crippen LogP contribution in [0.1, 0.15) is 6.42 Å². The van der Waals surface area contributed by atoms with E-state index >= 15 is 0 Å². The first kappa shape index (κ1) is 4.69. The van der Waals surface area contributed by atoms with Crippen LogP contribution in [0.4, 0.5) is 0 Å². The standard InChI is InChI=1S/C7H12N2/c1-6-2-8-4-7(1,6)5-9-3-6/h8-9H,1-5H2. The molecule has 1 aliphatic carbocycles. The maximum atomic E-state index is 3.47. The predicted octanol–water partition coefficient (Wildman–Crippen LogP) is -0.431. The Kier molecular flexibility index (Phi) is 0.552. The minimum Gasteiger partial charge on any atom is -0.315 e. The molecule has 2 aliphatic heterocycles. The molecule has 0 aromatic rings. The van der Waals surface area contributed by atoms with E-state index in [1.165, 1.54) is 32.6 Å². The van der Waals surface area contributed by atoms with Crippen molar-refractivity contribution in [3.8, 4) is 0 Å². The molecule has 3 rings (SSSR count). The van der Waals surface area contributed by atoms with E-state index in [2.05, 4.69) is 10.6 Å². The van der Waals surface area contributed by atoms with Crippen LogP contribution in [0.5, 0.6) is 0 Å². The average Bonchev–Trinajstić information content (AvgIpc) is 2.11. The lowest BCUT2D eigenvalue weighted by atomic mass is 10.0. The Morgan fingerprint density at radius 3 is 1.56 bits per heavy atom. The topological polar surface area (TPSA) is 24.1 Å². The minimum absolute atomic E-state index is 0.729. The van der Waals surface area contributed by atoms with Crippen molar-refractivity contribution in [2.75, 3.05) is 26.2 Å². The molecule has 3 fully saturated rings. The molecule has 50 valence electrons. The zero-order chi connectivity index (χ0) is 5.95.